The summed E-state index contributed by atoms with van der Waals surface area (Å²) in [7, 11) is 0. The van der Waals surface area contributed by atoms with E-state index in [4.69, 9.17) is 9.26 Å². The van der Waals surface area contributed by atoms with Crippen molar-refractivity contribution in [2.45, 2.75) is 38.5 Å². The molecule has 0 bridgehead atoms. The van der Waals surface area contributed by atoms with E-state index in [1.165, 1.54) is 6.20 Å². The van der Waals surface area contributed by atoms with Gasteiger partial charge in [0.2, 0.25) is 17.4 Å². The third-order valence-electron chi connectivity index (χ3n) is 5.85. The molecule has 3 aliphatic heterocycles. The van der Waals surface area contributed by atoms with Gasteiger partial charge in [0.05, 0.1) is 30.1 Å². The van der Waals surface area contributed by atoms with Crippen molar-refractivity contribution in [2.75, 3.05) is 11.4 Å². The van der Waals surface area contributed by atoms with Crippen LogP contribution in [0.5, 0.6) is 0 Å². The highest BCUT2D eigenvalue weighted by Gasteiger charge is 2.63. The van der Waals surface area contributed by atoms with Crippen molar-refractivity contribution < 1.29 is 28.0 Å². The fourth-order valence-electron chi connectivity index (χ4n) is 4.89. The average molecular weight is 388 g/mol. The van der Waals surface area contributed by atoms with Crippen molar-refractivity contribution in [3.05, 3.63) is 23.6 Å². The summed E-state index contributed by atoms with van der Waals surface area (Å²) in [4.78, 5) is 39.3. The highest BCUT2D eigenvalue weighted by atomic mass is 19.1. The summed E-state index contributed by atoms with van der Waals surface area (Å²) in [5.74, 6) is -2.01. The first-order chi connectivity index (χ1) is 13.3. The molecule has 1 aromatic carbocycles. The maximum atomic E-state index is 15.3. The van der Waals surface area contributed by atoms with Crippen molar-refractivity contribution in [1.29, 1.82) is 0 Å². The summed E-state index contributed by atoms with van der Waals surface area (Å²) in [5.41, 5.74) is -0.852. The Labute approximate surface area is 158 Å². The number of fused-ring (bicyclic) bond motifs is 5. The van der Waals surface area contributed by atoms with Crippen molar-refractivity contribution in [3.63, 3.8) is 0 Å². The first kappa shape index (κ1) is 17.1. The number of ether oxygens (including phenoxy) is 1. The summed E-state index contributed by atoms with van der Waals surface area (Å²) in [6.45, 7) is 3.85. The largest absolute Gasteiger partial charge is 0.372 e. The molecule has 1 aromatic heterocycles. The van der Waals surface area contributed by atoms with E-state index in [9.17, 15) is 14.4 Å². The number of anilines is 1. The molecule has 3 atom stereocenters. The van der Waals surface area contributed by atoms with Gasteiger partial charge in [-0.25, -0.2) is 9.18 Å². The van der Waals surface area contributed by atoms with Gasteiger partial charge in [0.1, 0.15) is 0 Å². The summed E-state index contributed by atoms with van der Waals surface area (Å²) >= 11 is 0. The fourth-order valence-corrected chi connectivity index (χ4v) is 4.89. The van der Waals surface area contributed by atoms with Gasteiger partial charge in [-0.05, 0) is 25.5 Å². The first-order valence-corrected chi connectivity index (χ1v) is 8.97. The van der Waals surface area contributed by atoms with Gasteiger partial charge < -0.3 is 14.2 Å². The van der Waals surface area contributed by atoms with Crippen molar-refractivity contribution in [1.82, 2.24) is 15.8 Å². The number of amides is 4. The van der Waals surface area contributed by atoms with Crippen LogP contribution < -0.4 is 15.5 Å². The maximum Gasteiger partial charge on any atom is 0.328 e. The number of hydrogen-bond acceptors (Lipinski definition) is 7. The molecule has 9 nitrogen and oxygen atoms in total. The number of benzene rings is 1. The summed E-state index contributed by atoms with van der Waals surface area (Å²) in [6, 6.07) is 0.0137. The second kappa shape index (κ2) is 5.51. The molecule has 0 aliphatic carbocycles. The molecule has 2 fully saturated rings. The molecule has 10 heteroatoms. The molecule has 146 valence electrons. The molecule has 2 aromatic rings. The fraction of sp³-hybridized carbons (Fsp3) is 0.444. The van der Waals surface area contributed by atoms with E-state index >= 15 is 4.39 Å². The van der Waals surface area contributed by atoms with Gasteiger partial charge in [-0.3, -0.25) is 20.2 Å². The Kier molecular flexibility index (Phi) is 3.36. The second-order valence-electron chi connectivity index (χ2n) is 7.58. The van der Waals surface area contributed by atoms with Crippen LogP contribution in [-0.2, 0) is 20.7 Å². The molecule has 5 rings (SSSR count). The number of carbonyl (C=O) groups excluding carboxylic acids is 3. The number of nitrogens with one attached hydrogen (secondary N) is 2. The lowest BCUT2D eigenvalue weighted by molar-refractivity contribution is -0.153. The molecular weight excluding hydrogens is 371 g/mol. The minimum absolute atomic E-state index is 0.0213. The molecule has 2 saturated heterocycles. The zero-order valence-corrected chi connectivity index (χ0v) is 15.1. The molecule has 3 aliphatic rings. The van der Waals surface area contributed by atoms with E-state index in [-0.39, 0.29) is 30.3 Å². The molecular formula is C18H17FN4O5. The number of morpholine rings is 1. The van der Waals surface area contributed by atoms with Gasteiger partial charge in [-0.1, -0.05) is 5.16 Å². The average Bonchev–Trinajstić information content (AvgIpc) is 3.07. The molecule has 0 saturated carbocycles. The molecule has 28 heavy (non-hydrogen) atoms. The van der Waals surface area contributed by atoms with Crippen LogP contribution in [0.25, 0.3) is 11.0 Å². The Bertz CT molecular complexity index is 1030. The van der Waals surface area contributed by atoms with Crippen molar-refractivity contribution >= 4 is 34.5 Å². The lowest BCUT2D eigenvalue weighted by Crippen LogP contribution is -2.75. The van der Waals surface area contributed by atoms with Crippen LogP contribution in [-0.4, -0.2) is 47.8 Å². The number of urea groups is 1. The standard InChI is InChI=1S/C18H17FN4O5/c1-7-6-23-12-9(3-10-5-20-28-13(10)11(12)19)4-18(14(23)8(2)27-7)15(24)21-17(26)22-16(18)25/h3,5,7-8,14H,4,6H2,1-2H3,(H2,21,22,24,25,26)/t7-,8+,14-/m1/s1. The Morgan fingerprint density at radius 1 is 1.25 bits per heavy atom. The molecule has 0 unspecified atom stereocenters. The molecule has 2 N–H and O–H groups in total. The van der Waals surface area contributed by atoms with Gasteiger partial charge in [-0.2, -0.15) is 0 Å². The maximum absolute atomic E-state index is 15.3. The minimum atomic E-state index is -1.63. The minimum Gasteiger partial charge on any atom is -0.372 e. The van der Waals surface area contributed by atoms with E-state index in [2.05, 4.69) is 15.8 Å². The van der Waals surface area contributed by atoms with Crippen LogP contribution in [0.3, 0.4) is 0 Å². The number of imide groups is 2. The smallest absolute Gasteiger partial charge is 0.328 e. The zero-order valence-electron chi connectivity index (χ0n) is 15.1. The van der Waals surface area contributed by atoms with Gasteiger partial charge >= 0.3 is 6.03 Å². The van der Waals surface area contributed by atoms with E-state index in [0.717, 1.165) is 0 Å². The van der Waals surface area contributed by atoms with E-state index in [1.54, 1.807) is 17.9 Å². The Hall–Kier alpha value is -3.01. The van der Waals surface area contributed by atoms with E-state index in [1.807, 2.05) is 6.92 Å². The van der Waals surface area contributed by atoms with Crippen molar-refractivity contribution in [2.24, 2.45) is 5.41 Å². The monoisotopic (exact) mass is 388 g/mol. The second-order valence-corrected chi connectivity index (χ2v) is 7.58. The Balaban J connectivity index is 1.78. The highest BCUT2D eigenvalue weighted by Crippen LogP contribution is 2.48. The van der Waals surface area contributed by atoms with Crippen LogP contribution in [0.15, 0.2) is 16.8 Å². The molecule has 4 heterocycles. The van der Waals surface area contributed by atoms with Gasteiger partial charge in [0.25, 0.3) is 0 Å². The predicted octanol–water partition coefficient (Wildman–Crippen LogP) is 0.858. The Morgan fingerprint density at radius 2 is 1.96 bits per heavy atom. The zero-order chi connectivity index (χ0) is 19.8. The number of hydrogen-bond donors (Lipinski definition) is 2. The predicted molar refractivity (Wildman–Crippen MR) is 92.9 cm³/mol. The summed E-state index contributed by atoms with van der Waals surface area (Å²) in [6.07, 6.45) is 0.489. The highest BCUT2D eigenvalue weighted by molar-refractivity contribution is 6.20. The van der Waals surface area contributed by atoms with Gasteiger partial charge in [0.15, 0.2) is 11.2 Å². The lowest BCUT2D eigenvalue weighted by atomic mass is 9.66. The van der Waals surface area contributed by atoms with Crippen LogP contribution >= 0.6 is 0 Å². The van der Waals surface area contributed by atoms with E-state index < -0.39 is 41.2 Å². The van der Waals surface area contributed by atoms with Gasteiger partial charge in [0, 0.05) is 18.4 Å². The van der Waals surface area contributed by atoms with Crippen LogP contribution in [0.4, 0.5) is 14.9 Å². The number of halogens is 1. The quantitative estimate of drug-likeness (QED) is 0.644. The number of aromatic nitrogens is 1. The SMILES string of the molecule is C[C@@H]1CN2c3c(cc4cnoc4c3F)CC3(C(=O)NC(=O)NC3=O)[C@H]2[C@H](C)O1. The molecule has 1 spiro atoms. The van der Waals surface area contributed by atoms with Crippen LogP contribution in [0.1, 0.15) is 19.4 Å². The Morgan fingerprint density at radius 3 is 2.68 bits per heavy atom. The van der Waals surface area contributed by atoms with Crippen LogP contribution in [0, 0.1) is 11.2 Å². The topological polar surface area (TPSA) is 114 Å². The molecule has 4 amide bonds. The van der Waals surface area contributed by atoms with E-state index in [0.29, 0.717) is 10.9 Å². The summed E-state index contributed by atoms with van der Waals surface area (Å²) < 4.78 is 26.3. The number of barbiturate groups is 1. The number of carbonyl (C=O) groups is 3. The van der Waals surface area contributed by atoms with Crippen LogP contribution in [0.2, 0.25) is 0 Å². The summed E-state index contributed by atoms with van der Waals surface area (Å²) in [5, 5.41) is 8.48. The number of nitrogens with zero attached hydrogens (tertiary/aromatic N) is 2. The normalized spacial score (nSPS) is 28.8. The third-order valence-corrected chi connectivity index (χ3v) is 5.85. The lowest BCUT2D eigenvalue weighted by Gasteiger charge is -2.55. The van der Waals surface area contributed by atoms with Gasteiger partial charge in [-0.15, -0.1) is 0 Å². The molecule has 0 radical (unpaired) electrons. The van der Waals surface area contributed by atoms with Crippen molar-refractivity contribution in [3.8, 4) is 0 Å². The third kappa shape index (κ3) is 2.03. The number of rotatable bonds is 0. The first-order valence-electron chi connectivity index (χ1n) is 8.97.